The standard InChI is InChI=1S/C10H13ClF2N4/c1-17(2)8-6(7(11)15-5-16-8)9(4-14)3-10(9,12)13/h5H,3-4,14H2,1-2H3. The molecule has 0 aromatic carbocycles. The van der Waals surface area contributed by atoms with Crippen molar-refractivity contribution in [3.63, 3.8) is 0 Å². The summed E-state index contributed by atoms with van der Waals surface area (Å²) >= 11 is 5.94. The zero-order chi connectivity index (χ0) is 12.8. The van der Waals surface area contributed by atoms with Crippen LogP contribution in [0.3, 0.4) is 0 Å². The topological polar surface area (TPSA) is 55.0 Å². The second kappa shape index (κ2) is 3.74. The third-order valence-corrected chi connectivity index (χ3v) is 3.42. The highest BCUT2D eigenvalue weighted by Gasteiger charge is 2.72. The van der Waals surface area contributed by atoms with Crippen LogP contribution < -0.4 is 10.6 Å². The lowest BCUT2D eigenvalue weighted by Crippen LogP contribution is -2.30. The summed E-state index contributed by atoms with van der Waals surface area (Å²) < 4.78 is 27.1. The predicted octanol–water partition coefficient (Wildman–Crippen LogP) is 1.43. The molecule has 2 N–H and O–H groups in total. The molecule has 1 saturated carbocycles. The number of aromatic nitrogens is 2. The van der Waals surface area contributed by atoms with Gasteiger partial charge in [-0.1, -0.05) is 11.6 Å². The van der Waals surface area contributed by atoms with Crippen molar-refractivity contribution in [2.45, 2.75) is 17.8 Å². The molecular weight excluding hydrogens is 250 g/mol. The molecule has 1 aromatic heterocycles. The first-order valence-corrected chi connectivity index (χ1v) is 5.50. The van der Waals surface area contributed by atoms with Crippen LogP contribution in [0, 0.1) is 0 Å². The molecule has 94 valence electrons. The summed E-state index contributed by atoms with van der Waals surface area (Å²) in [5, 5.41) is 0.0475. The highest BCUT2D eigenvalue weighted by Crippen LogP contribution is 2.63. The molecule has 1 aliphatic carbocycles. The molecule has 0 bridgehead atoms. The Hall–Kier alpha value is -1.01. The smallest absolute Gasteiger partial charge is 0.260 e. The third-order valence-electron chi connectivity index (χ3n) is 3.13. The summed E-state index contributed by atoms with van der Waals surface area (Å²) in [6, 6.07) is 0. The number of halogens is 3. The van der Waals surface area contributed by atoms with Gasteiger partial charge in [0.1, 0.15) is 17.3 Å². The van der Waals surface area contributed by atoms with Gasteiger partial charge in [-0.3, -0.25) is 0 Å². The second-order valence-corrected chi connectivity index (χ2v) is 4.78. The second-order valence-electron chi connectivity index (χ2n) is 4.42. The summed E-state index contributed by atoms with van der Waals surface area (Å²) in [4.78, 5) is 9.41. The van der Waals surface area contributed by atoms with E-state index in [1.807, 2.05) is 0 Å². The van der Waals surface area contributed by atoms with Crippen molar-refractivity contribution in [2.24, 2.45) is 5.73 Å². The van der Waals surface area contributed by atoms with Gasteiger partial charge in [-0.15, -0.1) is 0 Å². The molecular formula is C10H13ClF2N4. The molecule has 0 aliphatic heterocycles. The lowest BCUT2D eigenvalue weighted by Gasteiger charge is -2.22. The zero-order valence-corrected chi connectivity index (χ0v) is 10.3. The fraction of sp³-hybridized carbons (Fsp3) is 0.600. The Morgan fingerprint density at radius 2 is 2.06 bits per heavy atom. The quantitative estimate of drug-likeness (QED) is 0.838. The maximum atomic E-state index is 13.5. The van der Waals surface area contributed by atoms with Gasteiger partial charge >= 0.3 is 0 Å². The van der Waals surface area contributed by atoms with Gasteiger partial charge in [-0.05, 0) is 0 Å². The number of nitrogens with zero attached hydrogens (tertiary/aromatic N) is 3. The van der Waals surface area contributed by atoms with Crippen LogP contribution in [0.4, 0.5) is 14.6 Å². The molecule has 0 saturated heterocycles. The Morgan fingerprint density at radius 3 is 2.47 bits per heavy atom. The Labute approximate surface area is 103 Å². The summed E-state index contributed by atoms with van der Waals surface area (Å²) in [5.41, 5.74) is 4.34. The minimum absolute atomic E-state index is 0.0475. The summed E-state index contributed by atoms with van der Waals surface area (Å²) in [7, 11) is 3.43. The minimum atomic E-state index is -2.83. The van der Waals surface area contributed by atoms with E-state index in [0.29, 0.717) is 5.82 Å². The van der Waals surface area contributed by atoms with E-state index in [-0.39, 0.29) is 23.7 Å². The highest BCUT2D eigenvalue weighted by molar-refractivity contribution is 6.30. The van der Waals surface area contributed by atoms with Crippen LogP contribution >= 0.6 is 11.6 Å². The molecule has 4 nitrogen and oxygen atoms in total. The Morgan fingerprint density at radius 1 is 1.47 bits per heavy atom. The number of anilines is 1. The van der Waals surface area contributed by atoms with E-state index in [4.69, 9.17) is 17.3 Å². The van der Waals surface area contributed by atoms with Gasteiger partial charge in [0.2, 0.25) is 0 Å². The van der Waals surface area contributed by atoms with Crippen LogP contribution in [0.1, 0.15) is 12.0 Å². The van der Waals surface area contributed by atoms with Crippen molar-refractivity contribution >= 4 is 17.4 Å². The predicted molar refractivity (Wildman–Crippen MR) is 61.7 cm³/mol. The molecule has 0 spiro atoms. The van der Waals surface area contributed by atoms with Crippen LogP contribution in [-0.2, 0) is 5.41 Å². The highest BCUT2D eigenvalue weighted by atomic mass is 35.5. The molecule has 2 rings (SSSR count). The SMILES string of the molecule is CN(C)c1ncnc(Cl)c1C1(CN)CC1(F)F. The molecule has 1 unspecified atom stereocenters. The number of hydrogen-bond donors (Lipinski definition) is 1. The fourth-order valence-corrected chi connectivity index (χ4v) is 2.34. The van der Waals surface area contributed by atoms with Crippen LogP contribution in [0.25, 0.3) is 0 Å². The number of nitrogens with two attached hydrogens (primary N) is 1. The van der Waals surface area contributed by atoms with Gasteiger partial charge in [-0.2, -0.15) is 0 Å². The van der Waals surface area contributed by atoms with Crippen molar-refractivity contribution in [2.75, 3.05) is 25.5 Å². The molecule has 17 heavy (non-hydrogen) atoms. The first kappa shape index (κ1) is 12.4. The van der Waals surface area contributed by atoms with Gasteiger partial charge in [-0.25, -0.2) is 18.7 Å². The average Bonchev–Trinajstić information content (AvgIpc) is 2.81. The lowest BCUT2D eigenvalue weighted by molar-refractivity contribution is 0.0896. The monoisotopic (exact) mass is 262 g/mol. The van der Waals surface area contributed by atoms with Crippen LogP contribution in [0.2, 0.25) is 5.15 Å². The van der Waals surface area contributed by atoms with Crippen molar-refractivity contribution in [3.05, 3.63) is 17.0 Å². The van der Waals surface area contributed by atoms with Crippen molar-refractivity contribution in [1.82, 2.24) is 9.97 Å². The van der Waals surface area contributed by atoms with E-state index >= 15 is 0 Å². The van der Waals surface area contributed by atoms with Crippen molar-refractivity contribution in [3.8, 4) is 0 Å². The van der Waals surface area contributed by atoms with Crippen LogP contribution in [-0.4, -0.2) is 36.5 Å². The van der Waals surface area contributed by atoms with E-state index < -0.39 is 11.3 Å². The summed E-state index contributed by atoms with van der Waals surface area (Å²) in [6.07, 6.45) is 0.955. The molecule has 0 amide bonds. The fourth-order valence-electron chi connectivity index (χ4n) is 2.04. The largest absolute Gasteiger partial charge is 0.362 e. The van der Waals surface area contributed by atoms with Gasteiger partial charge in [0.25, 0.3) is 5.92 Å². The molecule has 0 radical (unpaired) electrons. The first-order valence-electron chi connectivity index (χ1n) is 5.12. The summed E-state index contributed by atoms with van der Waals surface area (Å²) in [5.74, 6) is -2.44. The molecule has 7 heteroatoms. The number of alkyl halides is 2. The molecule has 1 atom stereocenters. The van der Waals surface area contributed by atoms with E-state index in [1.165, 1.54) is 6.33 Å². The average molecular weight is 263 g/mol. The maximum absolute atomic E-state index is 13.5. The van der Waals surface area contributed by atoms with Gasteiger partial charge < -0.3 is 10.6 Å². The molecule has 1 aromatic rings. The number of rotatable bonds is 3. The molecule has 1 heterocycles. The maximum Gasteiger partial charge on any atom is 0.260 e. The van der Waals surface area contributed by atoms with Crippen LogP contribution in [0.15, 0.2) is 6.33 Å². The van der Waals surface area contributed by atoms with Crippen LogP contribution in [0.5, 0.6) is 0 Å². The third kappa shape index (κ3) is 1.66. The van der Waals surface area contributed by atoms with Gasteiger partial charge in [0, 0.05) is 32.6 Å². The van der Waals surface area contributed by atoms with Gasteiger partial charge in [0.05, 0.1) is 5.41 Å². The van der Waals surface area contributed by atoms with Crippen molar-refractivity contribution in [1.29, 1.82) is 0 Å². The lowest BCUT2D eigenvalue weighted by atomic mass is 9.97. The van der Waals surface area contributed by atoms with E-state index in [2.05, 4.69) is 9.97 Å². The minimum Gasteiger partial charge on any atom is -0.362 e. The Kier molecular flexibility index (Phi) is 2.74. The summed E-state index contributed by atoms with van der Waals surface area (Å²) in [6.45, 7) is -0.173. The van der Waals surface area contributed by atoms with E-state index in [9.17, 15) is 8.78 Å². The van der Waals surface area contributed by atoms with E-state index in [0.717, 1.165) is 0 Å². The Bertz CT molecular complexity index is 452. The van der Waals surface area contributed by atoms with Crippen molar-refractivity contribution < 1.29 is 8.78 Å². The normalized spacial score (nSPS) is 25.8. The Balaban J connectivity index is 2.59. The van der Waals surface area contributed by atoms with E-state index in [1.54, 1.807) is 19.0 Å². The molecule has 1 fully saturated rings. The van der Waals surface area contributed by atoms with Gasteiger partial charge in [0.15, 0.2) is 0 Å². The first-order chi connectivity index (χ1) is 7.85. The molecule has 1 aliphatic rings. The zero-order valence-electron chi connectivity index (χ0n) is 9.54. The number of hydrogen-bond acceptors (Lipinski definition) is 4.